The first-order chi connectivity index (χ1) is 14.5. The smallest absolute Gasteiger partial charge is 0.309 e. The van der Waals surface area contributed by atoms with E-state index in [0.717, 1.165) is 38.3 Å². The molecule has 1 aliphatic heterocycles. The van der Waals surface area contributed by atoms with E-state index in [1.165, 1.54) is 17.0 Å². The minimum Gasteiger partial charge on any atom is -0.344 e. The fourth-order valence-electron chi connectivity index (χ4n) is 3.78. The highest BCUT2D eigenvalue weighted by atomic mass is 32.1. The second-order valence-corrected chi connectivity index (χ2v) is 8.48. The average molecular weight is 433 g/mol. The fraction of sp³-hybridized carbons (Fsp3) is 0.455. The molecule has 8 heteroatoms. The van der Waals surface area contributed by atoms with Crippen molar-refractivity contribution in [1.29, 1.82) is 0 Å². The van der Waals surface area contributed by atoms with Gasteiger partial charge in [-0.25, -0.2) is 4.39 Å². The zero-order valence-corrected chi connectivity index (χ0v) is 18.3. The Kier molecular flexibility index (Phi) is 7.95. The number of likely N-dealkylation sites (N-methyl/N-ethyl adjacent to an activating group) is 1. The van der Waals surface area contributed by atoms with Crippen LogP contribution in [0, 0.1) is 5.82 Å². The molecule has 1 aromatic carbocycles. The maximum Gasteiger partial charge on any atom is 0.309 e. The lowest BCUT2D eigenvalue weighted by molar-refractivity contribution is -0.140. The summed E-state index contributed by atoms with van der Waals surface area (Å²) in [5.41, 5.74) is 0.732. The van der Waals surface area contributed by atoms with Crippen LogP contribution >= 0.6 is 11.3 Å². The molecule has 2 aromatic rings. The molecule has 0 unspecified atom stereocenters. The molecule has 1 fully saturated rings. The number of piperazine rings is 1. The second-order valence-electron chi connectivity index (χ2n) is 7.50. The number of thiophene rings is 1. The Balaban J connectivity index is 1.59. The summed E-state index contributed by atoms with van der Waals surface area (Å²) in [6.45, 7) is 9.17. The fourth-order valence-corrected chi connectivity index (χ4v) is 4.74. The summed E-state index contributed by atoms with van der Waals surface area (Å²) in [5.74, 6) is -1.68. The summed E-state index contributed by atoms with van der Waals surface area (Å²) in [6.07, 6.45) is 0. The summed E-state index contributed by atoms with van der Waals surface area (Å²) in [7, 11) is 0. The van der Waals surface area contributed by atoms with Crippen molar-refractivity contribution in [1.82, 2.24) is 20.4 Å². The van der Waals surface area contributed by atoms with E-state index >= 15 is 0 Å². The third-order valence-corrected chi connectivity index (χ3v) is 6.43. The van der Waals surface area contributed by atoms with Crippen LogP contribution in [0.15, 0.2) is 41.8 Å². The first kappa shape index (κ1) is 22.4. The lowest BCUT2D eigenvalue weighted by Crippen LogP contribution is -2.53. The Morgan fingerprint density at radius 1 is 1.10 bits per heavy atom. The zero-order valence-electron chi connectivity index (χ0n) is 17.4. The van der Waals surface area contributed by atoms with Gasteiger partial charge in [-0.1, -0.05) is 25.1 Å². The molecule has 0 radical (unpaired) electrons. The van der Waals surface area contributed by atoms with Crippen LogP contribution in [0.2, 0.25) is 0 Å². The van der Waals surface area contributed by atoms with Crippen LogP contribution in [0.4, 0.5) is 4.39 Å². The Bertz CT molecular complexity index is 820. The number of nitrogens with one attached hydrogen (secondary N) is 2. The van der Waals surface area contributed by atoms with Crippen molar-refractivity contribution in [3.63, 3.8) is 0 Å². The molecular formula is C22H29FN4O2S. The number of hydrogen-bond donors (Lipinski definition) is 2. The quantitative estimate of drug-likeness (QED) is 0.660. The molecular weight excluding hydrogens is 403 g/mol. The number of hydrogen-bond acceptors (Lipinski definition) is 5. The van der Waals surface area contributed by atoms with Gasteiger partial charge < -0.3 is 15.5 Å². The monoisotopic (exact) mass is 432 g/mol. The van der Waals surface area contributed by atoms with E-state index in [0.29, 0.717) is 0 Å². The van der Waals surface area contributed by atoms with E-state index in [1.54, 1.807) is 23.5 Å². The highest BCUT2D eigenvalue weighted by Crippen LogP contribution is 2.29. The van der Waals surface area contributed by atoms with Gasteiger partial charge >= 0.3 is 11.8 Å². The van der Waals surface area contributed by atoms with Crippen LogP contribution in [-0.4, -0.2) is 60.4 Å². The number of carbonyl (C=O) groups excluding carboxylic acids is 2. The molecule has 0 bridgehead atoms. The van der Waals surface area contributed by atoms with Gasteiger partial charge in [0, 0.05) is 43.6 Å². The van der Waals surface area contributed by atoms with Crippen LogP contribution in [0.25, 0.3) is 0 Å². The van der Waals surface area contributed by atoms with Crippen LogP contribution in [-0.2, 0) is 16.1 Å². The normalized spacial score (nSPS) is 17.3. The highest BCUT2D eigenvalue weighted by molar-refractivity contribution is 7.10. The molecule has 1 saturated heterocycles. The summed E-state index contributed by atoms with van der Waals surface area (Å²) >= 11 is 1.67. The number of amides is 2. The maximum absolute atomic E-state index is 13.0. The summed E-state index contributed by atoms with van der Waals surface area (Å²) in [6, 6.07) is 9.72. The molecule has 1 aliphatic rings. The summed E-state index contributed by atoms with van der Waals surface area (Å²) in [4.78, 5) is 30.7. The first-order valence-corrected chi connectivity index (χ1v) is 11.2. The van der Waals surface area contributed by atoms with Gasteiger partial charge in [0.05, 0.1) is 6.04 Å². The van der Waals surface area contributed by atoms with E-state index in [2.05, 4.69) is 33.4 Å². The Hall–Kier alpha value is -2.29. The van der Waals surface area contributed by atoms with Gasteiger partial charge in [0.15, 0.2) is 0 Å². The van der Waals surface area contributed by atoms with Crippen molar-refractivity contribution < 1.29 is 14.0 Å². The number of carbonyl (C=O) groups is 2. The van der Waals surface area contributed by atoms with Crippen LogP contribution < -0.4 is 10.6 Å². The van der Waals surface area contributed by atoms with E-state index in [1.807, 2.05) is 18.4 Å². The van der Waals surface area contributed by atoms with Crippen molar-refractivity contribution in [2.24, 2.45) is 0 Å². The molecule has 2 heterocycles. The molecule has 0 aliphatic carbocycles. The maximum atomic E-state index is 13.0. The molecule has 6 nitrogen and oxygen atoms in total. The number of nitrogens with zero attached hydrogens (tertiary/aromatic N) is 2. The lowest BCUT2D eigenvalue weighted by atomic mass is 10.0. The van der Waals surface area contributed by atoms with Gasteiger partial charge in [-0.15, -0.1) is 11.3 Å². The zero-order chi connectivity index (χ0) is 21.5. The summed E-state index contributed by atoms with van der Waals surface area (Å²) in [5, 5.41) is 7.51. The Labute approximate surface area is 181 Å². The van der Waals surface area contributed by atoms with Crippen molar-refractivity contribution in [3.05, 3.63) is 58.0 Å². The molecule has 2 atom stereocenters. The van der Waals surface area contributed by atoms with E-state index in [4.69, 9.17) is 0 Å². The molecule has 30 heavy (non-hydrogen) atoms. The first-order valence-electron chi connectivity index (χ1n) is 10.3. The minimum atomic E-state index is -0.688. The molecule has 0 spiro atoms. The molecule has 2 amide bonds. The third-order valence-electron chi connectivity index (χ3n) is 5.49. The van der Waals surface area contributed by atoms with Crippen LogP contribution in [0.3, 0.4) is 0 Å². The van der Waals surface area contributed by atoms with Crippen molar-refractivity contribution in [2.75, 3.05) is 32.7 Å². The van der Waals surface area contributed by atoms with Gasteiger partial charge in [0.25, 0.3) is 0 Å². The molecule has 3 rings (SSSR count). The topological polar surface area (TPSA) is 64.7 Å². The predicted molar refractivity (Wildman–Crippen MR) is 117 cm³/mol. The summed E-state index contributed by atoms with van der Waals surface area (Å²) < 4.78 is 13.0. The highest BCUT2D eigenvalue weighted by Gasteiger charge is 2.31. The third kappa shape index (κ3) is 5.87. The standard InChI is InChI=1S/C22H29FN4O2S/c1-3-26-10-12-27(13-11-26)20(19-5-4-14-30-19)16(2)25-22(29)21(28)24-15-17-6-8-18(23)9-7-17/h4-9,14,16,20H,3,10-13,15H2,1-2H3,(H,24,28)(H,25,29)/t16-,20+/m1/s1. The molecule has 1 aromatic heterocycles. The average Bonchev–Trinajstić information content (AvgIpc) is 3.28. The van der Waals surface area contributed by atoms with Gasteiger partial charge in [0.2, 0.25) is 0 Å². The Morgan fingerprint density at radius 2 is 1.80 bits per heavy atom. The second kappa shape index (κ2) is 10.7. The van der Waals surface area contributed by atoms with Crippen LogP contribution in [0.1, 0.15) is 30.3 Å². The lowest BCUT2D eigenvalue weighted by Gasteiger charge is -2.41. The SMILES string of the molecule is CCN1CCN([C@H](c2cccs2)[C@@H](C)NC(=O)C(=O)NCc2ccc(F)cc2)CC1. The van der Waals surface area contributed by atoms with E-state index < -0.39 is 11.8 Å². The number of benzene rings is 1. The Morgan fingerprint density at radius 3 is 2.40 bits per heavy atom. The molecule has 162 valence electrons. The predicted octanol–water partition coefficient (Wildman–Crippen LogP) is 2.39. The van der Waals surface area contributed by atoms with Crippen molar-refractivity contribution >= 4 is 23.2 Å². The van der Waals surface area contributed by atoms with Gasteiger partial charge in [-0.05, 0) is 42.6 Å². The van der Waals surface area contributed by atoms with E-state index in [-0.39, 0.29) is 24.4 Å². The van der Waals surface area contributed by atoms with Crippen molar-refractivity contribution in [3.8, 4) is 0 Å². The van der Waals surface area contributed by atoms with Crippen molar-refractivity contribution in [2.45, 2.75) is 32.5 Å². The number of rotatable bonds is 7. The van der Waals surface area contributed by atoms with Gasteiger partial charge in [-0.3, -0.25) is 14.5 Å². The molecule has 2 N–H and O–H groups in total. The largest absolute Gasteiger partial charge is 0.344 e. The van der Waals surface area contributed by atoms with Gasteiger partial charge in [-0.2, -0.15) is 0 Å². The van der Waals surface area contributed by atoms with Gasteiger partial charge in [0.1, 0.15) is 5.82 Å². The van der Waals surface area contributed by atoms with E-state index in [9.17, 15) is 14.0 Å². The van der Waals surface area contributed by atoms with Crippen LogP contribution in [0.5, 0.6) is 0 Å². The molecule has 0 saturated carbocycles. The minimum absolute atomic E-state index is 0.0258. The number of halogens is 1.